The smallest absolute Gasteiger partial charge is 0.192 e. The van der Waals surface area contributed by atoms with E-state index in [1.54, 1.807) is 25.3 Å². The maximum absolute atomic E-state index is 13.9. The molecule has 0 amide bonds. The van der Waals surface area contributed by atoms with Gasteiger partial charge in [-0.25, -0.2) is 19.4 Å². The van der Waals surface area contributed by atoms with Gasteiger partial charge in [-0.1, -0.05) is 18.2 Å². The fourth-order valence-corrected chi connectivity index (χ4v) is 2.93. The number of guanidine groups is 1. The van der Waals surface area contributed by atoms with E-state index in [4.69, 9.17) is 0 Å². The van der Waals surface area contributed by atoms with Crippen LogP contribution in [0.1, 0.15) is 42.4 Å². The molecule has 0 aliphatic heterocycles. The van der Waals surface area contributed by atoms with E-state index >= 15 is 0 Å². The molecule has 3 rings (SSSR count). The fourth-order valence-electron chi connectivity index (χ4n) is 2.93. The van der Waals surface area contributed by atoms with E-state index in [-0.39, 0.29) is 11.9 Å². The van der Waals surface area contributed by atoms with Crippen molar-refractivity contribution in [1.29, 1.82) is 0 Å². The van der Waals surface area contributed by atoms with Gasteiger partial charge in [0, 0.05) is 25.1 Å². The monoisotopic (exact) mass is 394 g/mol. The van der Waals surface area contributed by atoms with Crippen molar-refractivity contribution < 1.29 is 4.39 Å². The van der Waals surface area contributed by atoms with Crippen LogP contribution in [-0.2, 0) is 6.54 Å². The number of rotatable bonds is 6. The van der Waals surface area contributed by atoms with Gasteiger partial charge < -0.3 is 10.6 Å². The third-order valence-electron chi connectivity index (χ3n) is 4.69. The molecular formula is C22H27FN6. The molecule has 1 atom stereocenters. The second-order valence-corrected chi connectivity index (χ2v) is 6.94. The number of halogens is 1. The summed E-state index contributed by atoms with van der Waals surface area (Å²) in [6.45, 7) is 8.92. The lowest BCUT2D eigenvalue weighted by Crippen LogP contribution is -2.38. The van der Waals surface area contributed by atoms with Gasteiger partial charge in [0.25, 0.3) is 0 Å². The Morgan fingerprint density at radius 3 is 2.66 bits per heavy atom. The summed E-state index contributed by atoms with van der Waals surface area (Å²) >= 11 is 0. The van der Waals surface area contributed by atoms with Crippen molar-refractivity contribution in [3.63, 3.8) is 0 Å². The first-order valence-electron chi connectivity index (χ1n) is 9.74. The van der Waals surface area contributed by atoms with Crippen molar-refractivity contribution in [2.24, 2.45) is 4.99 Å². The van der Waals surface area contributed by atoms with Crippen LogP contribution in [0, 0.1) is 19.7 Å². The summed E-state index contributed by atoms with van der Waals surface area (Å²) in [5.41, 5.74) is 2.52. The highest BCUT2D eigenvalue weighted by Gasteiger charge is 2.10. The number of imidazole rings is 1. The van der Waals surface area contributed by atoms with E-state index in [0.717, 1.165) is 29.3 Å². The van der Waals surface area contributed by atoms with E-state index in [0.29, 0.717) is 18.1 Å². The highest BCUT2D eigenvalue weighted by Crippen LogP contribution is 2.16. The second kappa shape index (κ2) is 9.32. The Labute approximate surface area is 170 Å². The molecular weight excluding hydrogens is 367 g/mol. The van der Waals surface area contributed by atoms with Crippen LogP contribution in [-0.4, -0.2) is 27.0 Å². The lowest BCUT2D eigenvalue weighted by atomic mass is 10.1. The summed E-state index contributed by atoms with van der Waals surface area (Å²) in [7, 11) is 0. The number of pyridine rings is 1. The standard InChI is InChI=1S/C22H27FN6/c1-5-24-22(28-16(3)19-8-6-15(2)20(23)12-19)27-14-18-7-9-21(26-13-18)29-11-10-25-17(29)4/h6-13,16H,5,14H2,1-4H3,(H2,24,27,28). The van der Waals surface area contributed by atoms with Gasteiger partial charge in [0.05, 0.1) is 12.6 Å². The largest absolute Gasteiger partial charge is 0.357 e. The molecule has 0 aliphatic carbocycles. The maximum Gasteiger partial charge on any atom is 0.192 e. The summed E-state index contributed by atoms with van der Waals surface area (Å²) in [5.74, 6) is 2.20. The molecule has 29 heavy (non-hydrogen) atoms. The Morgan fingerprint density at radius 1 is 1.21 bits per heavy atom. The zero-order chi connectivity index (χ0) is 20.8. The molecule has 3 aromatic rings. The first kappa shape index (κ1) is 20.5. The predicted molar refractivity (Wildman–Crippen MR) is 114 cm³/mol. The average Bonchev–Trinajstić information content (AvgIpc) is 3.14. The molecule has 152 valence electrons. The van der Waals surface area contributed by atoms with Crippen LogP contribution in [0.3, 0.4) is 0 Å². The molecule has 0 saturated heterocycles. The number of hydrogen-bond donors (Lipinski definition) is 2. The predicted octanol–water partition coefficient (Wildman–Crippen LogP) is 3.84. The van der Waals surface area contributed by atoms with E-state index in [2.05, 4.69) is 25.6 Å². The Balaban J connectivity index is 1.68. The minimum absolute atomic E-state index is 0.0763. The lowest BCUT2D eigenvalue weighted by molar-refractivity contribution is 0.607. The van der Waals surface area contributed by atoms with Gasteiger partial charge in [0.2, 0.25) is 0 Å². The molecule has 2 heterocycles. The van der Waals surface area contributed by atoms with Crippen LogP contribution in [0.2, 0.25) is 0 Å². The van der Waals surface area contributed by atoms with Crippen molar-refractivity contribution in [2.75, 3.05) is 6.54 Å². The topological polar surface area (TPSA) is 67.1 Å². The Kier molecular flexibility index (Phi) is 6.59. The highest BCUT2D eigenvalue weighted by atomic mass is 19.1. The van der Waals surface area contributed by atoms with E-state index in [1.165, 1.54) is 0 Å². The van der Waals surface area contributed by atoms with Gasteiger partial charge in [-0.2, -0.15) is 0 Å². The fraction of sp³-hybridized carbons (Fsp3) is 0.318. The van der Waals surface area contributed by atoms with Gasteiger partial charge in [0.15, 0.2) is 5.96 Å². The number of aryl methyl sites for hydroxylation is 2. The Bertz CT molecular complexity index is 977. The number of hydrogen-bond acceptors (Lipinski definition) is 3. The van der Waals surface area contributed by atoms with Crippen molar-refractivity contribution >= 4 is 5.96 Å². The zero-order valence-corrected chi connectivity index (χ0v) is 17.3. The summed E-state index contributed by atoms with van der Waals surface area (Å²) in [6, 6.07) is 9.18. The maximum atomic E-state index is 13.9. The molecule has 0 spiro atoms. The summed E-state index contributed by atoms with van der Waals surface area (Å²) in [5, 5.41) is 6.56. The molecule has 1 unspecified atom stereocenters. The quantitative estimate of drug-likeness (QED) is 0.492. The zero-order valence-electron chi connectivity index (χ0n) is 17.3. The SMILES string of the molecule is CCNC(=NCc1ccc(-n2ccnc2C)nc1)NC(C)c1ccc(C)c(F)c1. The molecule has 0 radical (unpaired) electrons. The van der Waals surface area contributed by atoms with Gasteiger partial charge in [-0.3, -0.25) is 4.57 Å². The molecule has 0 bridgehead atoms. The number of aliphatic imine (C=N–C) groups is 1. The third kappa shape index (κ3) is 5.19. The van der Waals surface area contributed by atoms with Crippen molar-refractivity contribution in [2.45, 2.75) is 40.3 Å². The molecule has 2 aromatic heterocycles. The van der Waals surface area contributed by atoms with E-state index < -0.39 is 0 Å². The molecule has 2 N–H and O–H groups in total. The normalized spacial score (nSPS) is 12.7. The van der Waals surface area contributed by atoms with Crippen LogP contribution < -0.4 is 10.6 Å². The van der Waals surface area contributed by atoms with Gasteiger partial charge in [-0.15, -0.1) is 0 Å². The van der Waals surface area contributed by atoms with Crippen LogP contribution in [0.25, 0.3) is 5.82 Å². The molecule has 1 aromatic carbocycles. The minimum Gasteiger partial charge on any atom is -0.357 e. The second-order valence-electron chi connectivity index (χ2n) is 6.94. The van der Waals surface area contributed by atoms with Crippen molar-refractivity contribution in [1.82, 2.24) is 25.2 Å². The molecule has 7 heteroatoms. The molecule has 0 aliphatic rings. The van der Waals surface area contributed by atoms with Gasteiger partial charge >= 0.3 is 0 Å². The first-order chi connectivity index (χ1) is 14.0. The Hall–Kier alpha value is -3.22. The summed E-state index contributed by atoms with van der Waals surface area (Å²) in [4.78, 5) is 13.4. The van der Waals surface area contributed by atoms with Gasteiger partial charge in [-0.05, 0) is 56.5 Å². The summed E-state index contributed by atoms with van der Waals surface area (Å²) < 4.78 is 15.8. The van der Waals surface area contributed by atoms with Crippen LogP contribution >= 0.6 is 0 Å². The van der Waals surface area contributed by atoms with Crippen molar-refractivity contribution in [3.05, 3.63) is 77.3 Å². The first-order valence-corrected chi connectivity index (χ1v) is 9.74. The highest BCUT2D eigenvalue weighted by molar-refractivity contribution is 5.80. The third-order valence-corrected chi connectivity index (χ3v) is 4.69. The van der Waals surface area contributed by atoms with E-state index in [1.807, 2.05) is 55.9 Å². The Morgan fingerprint density at radius 2 is 2.03 bits per heavy atom. The minimum atomic E-state index is -0.197. The number of nitrogens with zero attached hydrogens (tertiary/aromatic N) is 4. The molecule has 6 nitrogen and oxygen atoms in total. The number of aromatic nitrogens is 3. The van der Waals surface area contributed by atoms with Crippen LogP contribution in [0.15, 0.2) is 53.9 Å². The van der Waals surface area contributed by atoms with Crippen LogP contribution in [0.5, 0.6) is 0 Å². The van der Waals surface area contributed by atoms with Crippen molar-refractivity contribution in [3.8, 4) is 5.82 Å². The molecule has 0 fully saturated rings. The van der Waals surface area contributed by atoms with E-state index in [9.17, 15) is 4.39 Å². The number of nitrogens with one attached hydrogen (secondary N) is 2. The average molecular weight is 394 g/mol. The molecule has 0 saturated carbocycles. The number of benzene rings is 1. The summed E-state index contributed by atoms with van der Waals surface area (Å²) in [6.07, 6.45) is 5.46. The van der Waals surface area contributed by atoms with Crippen LogP contribution in [0.4, 0.5) is 4.39 Å². The lowest BCUT2D eigenvalue weighted by Gasteiger charge is -2.18. The van der Waals surface area contributed by atoms with Gasteiger partial charge in [0.1, 0.15) is 17.5 Å².